The highest BCUT2D eigenvalue weighted by molar-refractivity contribution is 7.89. The Kier molecular flexibility index (Phi) is 8.37. The largest absolute Gasteiger partial charge is 0.487 e. The quantitative estimate of drug-likeness (QED) is 0.660. The molecule has 1 aliphatic heterocycles. The maximum Gasteiger partial charge on any atom is 0.247 e. The summed E-state index contributed by atoms with van der Waals surface area (Å²) in [6, 6.07) is 13.7. The van der Waals surface area contributed by atoms with Gasteiger partial charge in [0, 0.05) is 43.1 Å². The molecule has 0 spiro atoms. The topological polar surface area (TPSA) is 87.2 Å². The number of carbonyl (C=O) groups excluding carboxylic acids is 1. The fourth-order valence-corrected chi connectivity index (χ4v) is 5.65. The highest BCUT2D eigenvalue weighted by Crippen LogP contribution is 2.34. The van der Waals surface area contributed by atoms with Crippen LogP contribution in [0.15, 0.2) is 53.4 Å². The lowest BCUT2D eigenvalue weighted by Crippen LogP contribution is -2.50. The van der Waals surface area contributed by atoms with Crippen LogP contribution in [-0.2, 0) is 14.8 Å². The predicted octanol–water partition coefficient (Wildman–Crippen LogP) is 2.72. The van der Waals surface area contributed by atoms with E-state index in [4.69, 9.17) is 4.74 Å². The summed E-state index contributed by atoms with van der Waals surface area (Å²) in [6.07, 6.45) is -0.0735. The molecule has 1 aliphatic rings. The predicted molar refractivity (Wildman–Crippen MR) is 131 cm³/mol. The van der Waals surface area contributed by atoms with Crippen LogP contribution in [0.3, 0.4) is 0 Å². The minimum Gasteiger partial charge on any atom is -0.487 e. The molecule has 3 atom stereocenters. The highest BCUT2D eigenvalue weighted by atomic mass is 32.2. The van der Waals surface area contributed by atoms with Gasteiger partial charge < -0.3 is 14.7 Å². The van der Waals surface area contributed by atoms with Crippen LogP contribution in [0.2, 0.25) is 0 Å². The van der Waals surface area contributed by atoms with E-state index in [1.54, 1.807) is 37.9 Å². The van der Waals surface area contributed by atoms with E-state index in [0.29, 0.717) is 18.5 Å². The van der Waals surface area contributed by atoms with Gasteiger partial charge in [-0.2, -0.15) is 4.31 Å². The maximum absolute atomic E-state index is 13.5. The van der Waals surface area contributed by atoms with Crippen molar-refractivity contribution in [2.24, 2.45) is 5.92 Å². The van der Waals surface area contributed by atoms with E-state index in [1.165, 1.54) is 10.4 Å². The van der Waals surface area contributed by atoms with Gasteiger partial charge in [0.2, 0.25) is 15.9 Å². The number of nitrogens with zero attached hydrogens (tertiary/aromatic N) is 2. The standard InChI is InChI=1S/C26H32N2O5S/c1-5-26(30)27(4)17-24-19(2)16-28(20(3)18-29)34(31,32)25-14-13-22(15-23(25)33-24)12-11-21-9-7-6-8-10-21/h6-10,13-15,19-20,24,29H,5,16-18H2,1-4H3/t19-,20-,24-/m0/s1. The number of benzene rings is 2. The molecule has 1 N–H and O–H groups in total. The Labute approximate surface area is 202 Å². The number of rotatable bonds is 5. The van der Waals surface area contributed by atoms with Gasteiger partial charge >= 0.3 is 0 Å². The summed E-state index contributed by atoms with van der Waals surface area (Å²) < 4.78 is 34.7. The molecule has 0 unspecified atom stereocenters. The molecule has 7 nitrogen and oxygen atoms in total. The number of hydrogen-bond acceptors (Lipinski definition) is 5. The van der Waals surface area contributed by atoms with Crippen molar-refractivity contribution in [2.75, 3.05) is 26.7 Å². The Balaban J connectivity index is 2.06. The minimum absolute atomic E-state index is 0.0197. The van der Waals surface area contributed by atoms with Gasteiger partial charge in [-0.15, -0.1) is 0 Å². The van der Waals surface area contributed by atoms with Gasteiger partial charge in [-0.1, -0.05) is 43.9 Å². The molecule has 182 valence electrons. The number of fused-ring (bicyclic) bond motifs is 1. The summed E-state index contributed by atoms with van der Waals surface area (Å²) in [5.41, 5.74) is 1.46. The molecular weight excluding hydrogens is 452 g/mol. The molecule has 0 fully saturated rings. The van der Waals surface area contributed by atoms with Gasteiger partial charge in [0.05, 0.1) is 13.2 Å². The summed E-state index contributed by atoms with van der Waals surface area (Å²) in [7, 11) is -2.21. The second kappa shape index (κ2) is 11.0. The number of carbonyl (C=O) groups is 1. The summed E-state index contributed by atoms with van der Waals surface area (Å²) in [5, 5.41) is 9.75. The second-order valence-corrected chi connectivity index (χ2v) is 10.5. The van der Waals surface area contributed by atoms with Crippen molar-refractivity contribution < 1.29 is 23.1 Å². The van der Waals surface area contributed by atoms with E-state index in [2.05, 4.69) is 11.8 Å². The Morgan fingerprint density at radius 3 is 2.53 bits per heavy atom. The fourth-order valence-electron chi connectivity index (χ4n) is 3.83. The van der Waals surface area contributed by atoms with E-state index >= 15 is 0 Å². The Hall–Kier alpha value is -2.86. The van der Waals surface area contributed by atoms with Crippen molar-refractivity contribution in [3.05, 3.63) is 59.7 Å². The molecule has 1 heterocycles. The molecule has 34 heavy (non-hydrogen) atoms. The fraction of sp³-hybridized carbons (Fsp3) is 0.423. The van der Waals surface area contributed by atoms with Crippen molar-refractivity contribution in [1.29, 1.82) is 0 Å². The van der Waals surface area contributed by atoms with Crippen LogP contribution in [0, 0.1) is 17.8 Å². The number of aliphatic hydroxyl groups excluding tert-OH is 1. The average molecular weight is 485 g/mol. The molecule has 8 heteroatoms. The molecule has 0 saturated carbocycles. The number of hydrogen-bond donors (Lipinski definition) is 1. The highest BCUT2D eigenvalue weighted by Gasteiger charge is 2.38. The van der Waals surface area contributed by atoms with Crippen molar-refractivity contribution in [1.82, 2.24) is 9.21 Å². The van der Waals surface area contributed by atoms with Crippen molar-refractivity contribution >= 4 is 15.9 Å². The van der Waals surface area contributed by atoms with Crippen molar-refractivity contribution in [2.45, 2.75) is 44.2 Å². The Bertz CT molecular complexity index is 1170. The number of ether oxygens (including phenoxy) is 1. The molecular formula is C26H32N2O5S. The zero-order valence-corrected chi connectivity index (χ0v) is 20.9. The van der Waals surface area contributed by atoms with Gasteiger partial charge in [0.25, 0.3) is 0 Å². The maximum atomic E-state index is 13.5. The molecule has 2 aromatic rings. The Morgan fingerprint density at radius 2 is 1.88 bits per heavy atom. The van der Waals surface area contributed by atoms with Crippen molar-refractivity contribution in [3.63, 3.8) is 0 Å². The van der Waals surface area contributed by atoms with E-state index < -0.39 is 22.2 Å². The van der Waals surface area contributed by atoms with Crippen LogP contribution in [0.25, 0.3) is 0 Å². The van der Waals surface area contributed by atoms with Gasteiger partial charge in [0.15, 0.2) is 0 Å². The third-order valence-electron chi connectivity index (χ3n) is 5.97. The van der Waals surface area contributed by atoms with Crippen LogP contribution >= 0.6 is 0 Å². The summed E-state index contributed by atoms with van der Waals surface area (Å²) in [4.78, 5) is 13.8. The molecule has 0 aromatic heterocycles. The lowest BCUT2D eigenvalue weighted by Gasteiger charge is -2.37. The first-order valence-electron chi connectivity index (χ1n) is 11.4. The first-order valence-corrected chi connectivity index (χ1v) is 12.9. The lowest BCUT2D eigenvalue weighted by atomic mass is 10.0. The average Bonchev–Trinajstić information content (AvgIpc) is 2.84. The van der Waals surface area contributed by atoms with Crippen LogP contribution in [-0.4, -0.2) is 67.5 Å². The molecule has 0 saturated heterocycles. The summed E-state index contributed by atoms with van der Waals surface area (Å²) in [6.45, 7) is 5.54. The zero-order valence-electron chi connectivity index (χ0n) is 20.1. The molecule has 0 aliphatic carbocycles. The first kappa shape index (κ1) is 25.8. The van der Waals surface area contributed by atoms with Crippen LogP contribution in [0.1, 0.15) is 38.3 Å². The Morgan fingerprint density at radius 1 is 1.21 bits per heavy atom. The van der Waals surface area contributed by atoms with Crippen LogP contribution in [0.4, 0.5) is 0 Å². The number of amides is 1. The molecule has 3 rings (SSSR count). The molecule has 1 amide bonds. The summed E-state index contributed by atoms with van der Waals surface area (Å²) >= 11 is 0. The lowest BCUT2D eigenvalue weighted by molar-refractivity contribution is -0.131. The van der Waals surface area contributed by atoms with Gasteiger partial charge in [-0.25, -0.2) is 8.42 Å². The molecule has 0 radical (unpaired) electrons. The minimum atomic E-state index is -3.92. The van der Waals surface area contributed by atoms with E-state index in [-0.39, 0.29) is 35.6 Å². The first-order chi connectivity index (χ1) is 16.2. The SMILES string of the molecule is CCC(=O)N(C)C[C@@H]1Oc2cc(C#Cc3ccccc3)ccc2S(=O)(=O)N([C@@H](C)CO)C[C@@H]1C. The smallest absolute Gasteiger partial charge is 0.247 e. The number of aliphatic hydroxyl groups is 1. The molecule has 2 aromatic carbocycles. The normalized spacial score (nSPS) is 20.5. The molecule has 0 bridgehead atoms. The van der Waals surface area contributed by atoms with E-state index in [0.717, 1.165) is 5.56 Å². The monoisotopic (exact) mass is 484 g/mol. The number of likely N-dealkylation sites (N-methyl/N-ethyl adjacent to an activating group) is 1. The van der Waals surface area contributed by atoms with Gasteiger partial charge in [-0.3, -0.25) is 4.79 Å². The zero-order chi connectivity index (χ0) is 24.9. The van der Waals surface area contributed by atoms with Gasteiger partial charge in [-0.05, 0) is 37.3 Å². The van der Waals surface area contributed by atoms with Crippen molar-refractivity contribution in [3.8, 4) is 17.6 Å². The van der Waals surface area contributed by atoms with Crippen LogP contribution < -0.4 is 4.74 Å². The third-order valence-corrected chi connectivity index (χ3v) is 7.99. The second-order valence-electron chi connectivity index (χ2n) is 8.65. The third kappa shape index (κ3) is 5.79. The van der Waals surface area contributed by atoms with E-state index in [1.807, 2.05) is 37.3 Å². The van der Waals surface area contributed by atoms with Crippen LogP contribution in [0.5, 0.6) is 5.75 Å². The van der Waals surface area contributed by atoms with Gasteiger partial charge in [0.1, 0.15) is 16.7 Å². The summed E-state index contributed by atoms with van der Waals surface area (Å²) in [5.74, 6) is 6.09. The van der Waals surface area contributed by atoms with E-state index in [9.17, 15) is 18.3 Å². The number of sulfonamides is 1.